The first-order valence-electron chi connectivity index (χ1n) is 9.85. The summed E-state index contributed by atoms with van der Waals surface area (Å²) in [6.45, 7) is 7.63. The molecule has 1 heterocycles. The average molecular weight is 448 g/mol. The van der Waals surface area contributed by atoms with Crippen LogP contribution in [0.25, 0.3) is 11.8 Å². The van der Waals surface area contributed by atoms with Crippen LogP contribution in [0.1, 0.15) is 38.4 Å². The van der Waals surface area contributed by atoms with Crippen molar-refractivity contribution in [3.63, 3.8) is 0 Å². The quantitative estimate of drug-likeness (QED) is 0.392. The molecule has 0 fully saturated rings. The summed E-state index contributed by atoms with van der Waals surface area (Å²) in [6, 6.07) is 14.1. The first-order chi connectivity index (χ1) is 15.1. The zero-order valence-electron chi connectivity index (χ0n) is 18.2. The number of rotatable bonds is 5. The lowest BCUT2D eigenvalue weighted by atomic mass is 10.1. The van der Waals surface area contributed by atoms with Crippen molar-refractivity contribution < 1.29 is 14.7 Å². The number of aromatic carboxylic acids is 1. The Balaban J connectivity index is 1.97. The fraction of sp³-hybridized carbons (Fsp3) is 0.160. The molecule has 0 spiro atoms. The third-order valence-corrected chi connectivity index (χ3v) is 5.67. The van der Waals surface area contributed by atoms with Gasteiger partial charge in [0.2, 0.25) is 0 Å². The van der Waals surface area contributed by atoms with E-state index in [-0.39, 0.29) is 16.2 Å². The molecule has 0 aliphatic carbocycles. The summed E-state index contributed by atoms with van der Waals surface area (Å²) in [5.74, 6) is -1.62. The molecule has 162 valence electrons. The first kappa shape index (κ1) is 22.9. The molecule has 7 heteroatoms. The highest BCUT2D eigenvalue weighted by atomic mass is 35.5. The van der Waals surface area contributed by atoms with E-state index in [0.29, 0.717) is 16.9 Å². The number of carboxylic acid groups (broad SMARTS) is 1. The van der Waals surface area contributed by atoms with Crippen molar-refractivity contribution in [1.82, 2.24) is 4.57 Å². The Bertz CT molecular complexity index is 1310. The zero-order valence-corrected chi connectivity index (χ0v) is 18.9. The fourth-order valence-electron chi connectivity index (χ4n) is 3.47. The van der Waals surface area contributed by atoms with Gasteiger partial charge in [-0.3, -0.25) is 4.79 Å². The Morgan fingerprint density at radius 3 is 2.41 bits per heavy atom. The number of aryl methyl sites for hydroxylation is 3. The number of amides is 1. The molecule has 32 heavy (non-hydrogen) atoms. The van der Waals surface area contributed by atoms with Crippen molar-refractivity contribution in [3.8, 4) is 11.8 Å². The molecule has 6 nitrogen and oxygen atoms in total. The topological polar surface area (TPSA) is 95.1 Å². The second kappa shape index (κ2) is 9.13. The van der Waals surface area contributed by atoms with Gasteiger partial charge >= 0.3 is 5.97 Å². The van der Waals surface area contributed by atoms with Crippen molar-refractivity contribution in [2.75, 3.05) is 5.32 Å². The van der Waals surface area contributed by atoms with Crippen LogP contribution in [0.15, 0.2) is 48.0 Å². The number of hydrogen-bond donors (Lipinski definition) is 2. The Kier molecular flexibility index (Phi) is 6.52. The molecule has 3 rings (SSSR count). The van der Waals surface area contributed by atoms with Crippen molar-refractivity contribution >= 4 is 35.2 Å². The lowest BCUT2D eigenvalue weighted by Crippen LogP contribution is -2.13. The zero-order chi connectivity index (χ0) is 23.6. The number of carbonyl (C=O) groups excluding carboxylic acids is 1. The van der Waals surface area contributed by atoms with Gasteiger partial charge in [0.15, 0.2) is 0 Å². The number of benzene rings is 2. The van der Waals surface area contributed by atoms with Crippen LogP contribution in [0.4, 0.5) is 5.69 Å². The minimum Gasteiger partial charge on any atom is -0.478 e. The number of nitriles is 1. The maximum atomic E-state index is 12.7. The molecule has 2 N–H and O–H groups in total. The molecular formula is C25H22ClN3O3. The molecular weight excluding hydrogens is 426 g/mol. The van der Waals surface area contributed by atoms with E-state index in [0.717, 1.165) is 22.5 Å². The number of hydrogen-bond acceptors (Lipinski definition) is 3. The van der Waals surface area contributed by atoms with Gasteiger partial charge in [0, 0.05) is 22.8 Å². The van der Waals surface area contributed by atoms with Gasteiger partial charge in [-0.15, -0.1) is 0 Å². The number of carboxylic acids is 1. The smallest absolute Gasteiger partial charge is 0.337 e. The second-order valence-corrected chi connectivity index (χ2v) is 7.96. The van der Waals surface area contributed by atoms with Crippen molar-refractivity contribution in [2.45, 2.75) is 27.7 Å². The van der Waals surface area contributed by atoms with Crippen LogP contribution < -0.4 is 5.32 Å². The standard InChI is InChI=1S/C25H22ClN3O3/c1-14-5-6-20(9-15(14)2)28-24(30)19(13-27)11-18-10-16(3)29(17(18)4)21-7-8-23(26)22(12-21)25(31)32/h5-12H,1-4H3,(H,28,30)(H,31,32)/b19-11-. The van der Waals surface area contributed by atoms with Crippen LogP contribution in [-0.2, 0) is 4.79 Å². The number of carbonyl (C=O) groups is 2. The Morgan fingerprint density at radius 2 is 1.78 bits per heavy atom. The third-order valence-electron chi connectivity index (χ3n) is 5.34. The lowest BCUT2D eigenvalue weighted by molar-refractivity contribution is -0.112. The van der Waals surface area contributed by atoms with E-state index >= 15 is 0 Å². The summed E-state index contributed by atoms with van der Waals surface area (Å²) in [5.41, 5.74) is 5.61. The Labute approximate surface area is 191 Å². The van der Waals surface area contributed by atoms with E-state index < -0.39 is 11.9 Å². The number of halogens is 1. The van der Waals surface area contributed by atoms with Crippen LogP contribution in [0.5, 0.6) is 0 Å². The van der Waals surface area contributed by atoms with Crippen molar-refractivity contribution in [2.24, 2.45) is 0 Å². The molecule has 0 unspecified atom stereocenters. The summed E-state index contributed by atoms with van der Waals surface area (Å²) < 4.78 is 1.85. The molecule has 2 aromatic carbocycles. The maximum Gasteiger partial charge on any atom is 0.337 e. The van der Waals surface area contributed by atoms with Gasteiger partial charge in [-0.25, -0.2) is 4.79 Å². The van der Waals surface area contributed by atoms with Gasteiger partial charge < -0.3 is 15.0 Å². The number of nitrogens with zero attached hydrogens (tertiary/aromatic N) is 2. The Hall–Kier alpha value is -3.82. The molecule has 0 aliphatic heterocycles. The Morgan fingerprint density at radius 1 is 1.06 bits per heavy atom. The molecule has 0 saturated carbocycles. The number of anilines is 1. The van der Waals surface area contributed by atoms with E-state index in [2.05, 4.69) is 5.32 Å². The molecule has 1 amide bonds. The fourth-order valence-corrected chi connectivity index (χ4v) is 3.67. The summed E-state index contributed by atoms with van der Waals surface area (Å²) >= 11 is 5.99. The first-order valence-corrected chi connectivity index (χ1v) is 10.2. The summed E-state index contributed by atoms with van der Waals surface area (Å²) in [5, 5.41) is 21.9. The van der Waals surface area contributed by atoms with E-state index in [9.17, 15) is 20.0 Å². The van der Waals surface area contributed by atoms with Crippen molar-refractivity contribution in [3.05, 3.63) is 86.7 Å². The van der Waals surface area contributed by atoms with E-state index in [1.165, 1.54) is 18.2 Å². The molecule has 0 aliphatic rings. The predicted molar refractivity (Wildman–Crippen MR) is 125 cm³/mol. The second-order valence-electron chi connectivity index (χ2n) is 7.55. The van der Waals surface area contributed by atoms with Gasteiger partial charge in [-0.05, 0) is 86.9 Å². The highest BCUT2D eigenvalue weighted by Gasteiger charge is 2.16. The lowest BCUT2D eigenvalue weighted by Gasteiger charge is -2.11. The predicted octanol–water partition coefficient (Wildman–Crippen LogP) is 5.61. The van der Waals surface area contributed by atoms with Gasteiger partial charge in [0.25, 0.3) is 5.91 Å². The number of nitrogens with one attached hydrogen (secondary N) is 1. The van der Waals surface area contributed by atoms with Crippen LogP contribution >= 0.6 is 11.6 Å². The summed E-state index contributed by atoms with van der Waals surface area (Å²) in [6.07, 6.45) is 1.53. The van der Waals surface area contributed by atoms with Gasteiger partial charge in [0.1, 0.15) is 11.6 Å². The normalized spacial score (nSPS) is 11.2. The van der Waals surface area contributed by atoms with E-state index in [4.69, 9.17) is 11.6 Å². The minimum absolute atomic E-state index is 0.000702. The van der Waals surface area contributed by atoms with E-state index in [1.54, 1.807) is 12.1 Å². The molecule has 0 bridgehead atoms. The highest BCUT2D eigenvalue weighted by molar-refractivity contribution is 6.33. The monoisotopic (exact) mass is 447 g/mol. The average Bonchev–Trinajstić information content (AvgIpc) is 3.02. The summed E-state index contributed by atoms with van der Waals surface area (Å²) in [4.78, 5) is 24.1. The largest absolute Gasteiger partial charge is 0.478 e. The van der Waals surface area contributed by atoms with Crippen LogP contribution in [0, 0.1) is 39.0 Å². The molecule has 3 aromatic rings. The molecule has 1 aromatic heterocycles. The van der Waals surface area contributed by atoms with Crippen LogP contribution in [0.2, 0.25) is 5.02 Å². The molecule has 0 radical (unpaired) electrons. The van der Waals surface area contributed by atoms with Gasteiger partial charge in [0.05, 0.1) is 10.6 Å². The van der Waals surface area contributed by atoms with E-state index in [1.807, 2.05) is 56.5 Å². The summed E-state index contributed by atoms with van der Waals surface area (Å²) in [7, 11) is 0. The molecule has 0 atom stereocenters. The third kappa shape index (κ3) is 4.58. The SMILES string of the molecule is Cc1ccc(NC(=O)/C(C#N)=C\c2cc(C)n(-c3ccc(Cl)c(C(=O)O)c3)c2C)cc1C. The van der Waals surface area contributed by atoms with Gasteiger partial charge in [-0.2, -0.15) is 5.26 Å². The van der Waals surface area contributed by atoms with Crippen molar-refractivity contribution in [1.29, 1.82) is 5.26 Å². The maximum absolute atomic E-state index is 12.7. The minimum atomic E-state index is -1.12. The van der Waals surface area contributed by atoms with Crippen LogP contribution in [0.3, 0.4) is 0 Å². The van der Waals surface area contributed by atoms with Gasteiger partial charge in [-0.1, -0.05) is 17.7 Å². The molecule has 0 saturated heterocycles. The highest BCUT2D eigenvalue weighted by Crippen LogP contribution is 2.26. The number of aromatic nitrogens is 1. The van der Waals surface area contributed by atoms with Crippen LogP contribution in [-0.4, -0.2) is 21.6 Å².